The number of nitrogens with one attached hydrogen (secondary N) is 3. The number of ketones is 1. The SMILES string of the molecule is COc1cc2c(c(OC)c1OC)C(=O)CC(c1cccc(NC(=O)c3cc(NC(=O)CC[C@H](NC(=O)OC(C)(C)C)C(=O)OC(C)(C)C)ccc3C)c1)O2. The van der Waals surface area contributed by atoms with Crippen LogP contribution in [-0.2, 0) is 19.1 Å². The van der Waals surface area contributed by atoms with Crippen molar-refractivity contribution in [2.45, 2.75) is 91.1 Å². The van der Waals surface area contributed by atoms with Gasteiger partial charge in [0.2, 0.25) is 11.7 Å². The summed E-state index contributed by atoms with van der Waals surface area (Å²) in [4.78, 5) is 65.2. The fourth-order valence-corrected chi connectivity index (χ4v) is 5.67. The van der Waals surface area contributed by atoms with E-state index in [1.165, 1.54) is 21.3 Å². The first kappa shape index (κ1) is 41.0. The number of carbonyl (C=O) groups is 5. The molecule has 3 aromatic carbocycles. The Morgan fingerprint density at radius 3 is 2.13 bits per heavy atom. The summed E-state index contributed by atoms with van der Waals surface area (Å²) < 4.78 is 33.3. The van der Waals surface area contributed by atoms with E-state index in [0.717, 1.165) is 0 Å². The molecule has 14 nitrogen and oxygen atoms in total. The Hall–Kier alpha value is -5.79. The molecule has 0 radical (unpaired) electrons. The maximum absolute atomic E-state index is 13.5. The molecule has 3 amide bonds. The molecule has 290 valence electrons. The zero-order chi connectivity index (χ0) is 40.0. The average molecular weight is 748 g/mol. The topological polar surface area (TPSA) is 177 Å². The number of hydrogen-bond donors (Lipinski definition) is 3. The molecule has 3 N–H and O–H groups in total. The van der Waals surface area contributed by atoms with Gasteiger partial charge in [-0.25, -0.2) is 9.59 Å². The Kier molecular flexibility index (Phi) is 12.8. The molecule has 0 fully saturated rings. The van der Waals surface area contributed by atoms with E-state index in [4.69, 9.17) is 28.4 Å². The summed E-state index contributed by atoms with van der Waals surface area (Å²) in [5.74, 6) is -0.641. The molecule has 4 rings (SSSR count). The van der Waals surface area contributed by atoms with E-state index >= 15 is 0 Å². The summed E-state index contributed by atoms with van der Waals surface area (Å²) in [6, 6.07) is 12.3. The van der Waals surface area contributed by atoms with Gasteiger partial charge in [-0.05, 0) is 90.3 Å². The van der Waals surface area contributed by atoms with Gasteiger partial charge in [0.25, 0.3) is 5.91 Å². The standard InChI is InChI=1S/C40H49N3O11/c1-22-14-15-25(41-32(45)17-16-27(37(47)53-39(2,3)4)43-38(48)54-40(5,6)7)19-26(22)36(46)42-24-13-11-12-23(18-24)29-20-28(44)33-30(52-29)21-31(49-8)34(50-9)35(33)51-10/h11-15,18-19,21,27,29H,16-17,20H2,1-10H3,(H,41,45)(H,42,46)(H,43,48)/t27-,29?/m0/s1. The quantitative estimate of drug-likeness (QED) is 0.164. The number of amides is 3. The van der Waals surface area contributed by atoms with Gasteiger partial charge in [-0.1, -0.05) is 18.2 Å². The predicted octanol–water partition coefficient (Wildman–Crippen LogP) is 6.93. The highest BCUT2D eigenvalue weighted by atomic mass is 16.6. The summed E-state index contributed by atoms with van der Waals surface area (Å²) in [5.41, 5.74) is 1.09. The van der Waals surface area contributed by atoms with Crippen molar-refractivity contribution >= 4 is 41.0 Å². The maximum Gasteiger partial charge on any atom is 0.408 e. The monoisotopic (exact) mass is 747 g/mol. The number of esters is 1. The third kappa shape index (κ3) is 10.6. The van der Waals surface area contributed by atoms with Gasteiger partial charge in [-0.15, -0.1) is 0 Å². The minimum atomic E-state index is -1.14. The van der Waals surface area contributed by atoms with Gasteiger partial charge in [0.15, 0.2) is 17.3 Å². The number of alkyl carbamates (subject to hydrolysis) is 1. The van der Waals surface area contributed by atoms with Gasteiger partial charge in [0.05, 0.1) is 27.8 Å². The molecule has 0 aliphatic carbocycles. The Morgan fingerprint density at radius 2 is 1.50 bits per heavy atom. The van der Waals surface area contributed by atoms with Gasteiger partial charge >= 0.3 is 12.1 Å². The summed E-state index contributed by atoms with van der Waals surface area (Å²) in [5, 5.41) is 8.16. The molecule has 0 aromatic heterocycles. The van der Waals surface area contributed by atoms with Crippen LogP contribution in [0.4, 0.5) is 16.2 Å². The Balaban J connectivity index is 1.44. The van der Waals surface area contributed by atoms with Crippen molar-refractivity contribution in [1.29, 1.82) is 0 Å². The molecule has 0 spiro atoms. The van der Waals surface area contributed by atoms with Gasteiger partial charge in [-0.3, -0.25) is 14.4 Å². The van der Waals surface area contributed by atoms with Crippen molar-refractivity contribution in [3.63, 3.8) is 0 Å². The predicted molar refractivity (Wildman–Crippen MR) is 201 cm³/mol. The second-order valence-electron chi connectivity index (χ2n) is 14.7. The van der Waals surface area contributed by atoms with E-state index in [1.54, 1.807) is 97.0 Å². The molecule has 1 aliphatic heterocycles. The molecule has 14 heteroatoms. The summed E-state index contributed by atoms with van der Waals surface area (Å²) in [6.45, 7) is 11.9. The molecule has 1 heterocycles. The number of carbonyl (C=O) groups excluding carboxylic acids is 5. The zero-order valence-corrected chi connectivity index (χ0v) is 32.4. The molecule has 1 aliphatic rings. The minimum Gasteiger partial charge on any atom is -0.493 e. The Bertz CT molecular complexity index is 1910. The van der Waals surface area contributed by atoms with E-state index in [-0.39, 0.29) is 47.9 Å². The summed E-state index contributed by atoms with van der Waals surface area (Å²) >= 11 is 0. The lowest BCUT2D eigenvalue weighted by molar-refractivity contribution is -0.157. The molecule has 0 bridgehead atoms. The highest BCUT2D eigenvalue weighted by Gasteiger charge is 2.35. The Labute approximate surface area is 315 Å². The fourth-order valence-electron chi connectivity index (χ4n) is 5.67. The lowest BCUT2D eigenvalue weighted by Gasteiger charge is -2.28. The van der Waals surface area contributed by atoms with Crippen LogP contribution in [0.25, 0.3) is 0 Å². The number of methoxy groups -OCH3 is 3. The molecular weight excluding hydrogens is 698 g/mol. The molecule has 1 unspecified atom stereocenters. The molecule has 2 atom stereocenters. The second kappa shape index (κ2) is 16.9. The molecule has 0 saturated heterocycles. The second-order valence-corrected chi connectivity index (χ2v) is 14.7. The van der Waals surface area contributed by atoms with E-state index in [2.05, 4.69) is 16.0 Å². The van der Waals surface area contributed by atoms with E-state index in [9.17, 15) is 24.0 Å². The lowest BCUT2D eigenvalue weighted by Crippen LogP contribution is -2.46. The number of benzene rings is 3. The molecule has 3 aromatic rings. The van der Waals surface area contributed by atoms with Crippen LogP contribution in [0.15, 0.2) is 48.5 Å². The summed E-state index contributed by atoms with van der Waals surface area (Å²) in [6.07, 6.45) is -1.66. The van der Waals surface area contributed by atoms with Crippen LogP contribution in [0.1, 0.15) is 98.8 Å². The molecule has 54 heavy (non-hydrogen) atoms. The maximum atomic E-state index is 13.5. The number of hydrogen-bond acceptors (Lipinski definition) is 11. The number of anilines is 2. The Morgan fingerprint density at radius 1 is 0.833 bits per heavy atom. The third-order valence-corrected chi connectivity index (χ3v) is 8.04. The third-order valence-electron chi connectivity index (χ3n) is 8.04. The van der Waals surface area contributed by atoms with Gasteiger partial charge in [0, 0.05) is 29.4 Å². The van der Waals surface area contributed by atoms with Crippen LogP contribution in [-0.4, -0.2) is 68.2 Å². The van der Waals surface area contributed by atoms with E-state index < -0.39 is 47.2 Å². The van der Waals surface area contributed by atoms with Crippen LogP contribution in [0.2, 0.25) is 0 Å². The van der Waals surface area contributed by atoms with Crippen LogP contribution in [0.3, 0.4) is 0 Å². The first-order valence-corrected chi connectivity index (χ1v) is 17.4. The van der Waals surface area contributed by atoms with Crippen molar-refractivity contribution in [1.82, 2.24) is 5.32 Å². The van der Waals surface area contributed by atoms with Crippen molar-refractivity contribution in [2.75, 3.05) is 32.0 Å². The number of ether oxygens (including phenoxy) is 6. The summed E-state index contributed by atoms with van der Waals surface area (Å²) in [7, 11) is 4.37. The van der Waals surface area contributed by atoms with Gasteiger partial charge in [0.1, 0.15) is 34.7 Å². The van der Waals surface area contributed by atoms with Crippen LogP contribution < -0.4 is 34.9 Å². The average Bonchev–Trinajstić information content (AvgIpc) is 3.08. The van der Waals surface area contributed by atoms with E-state index in [1.807, 2.05) is 0 Å². The van der Waals surface area contributed by atoms with Crippen LogP contribution >= 0.6 is 0 Å². The van der Waals surface area contributed by atoms with Gasteiger partial charge in [-0.2, -0.15) is 0 Å². The van der Waals surface area contributed by atoms with Crippen molar-refractivity contribution in [3.05, 3.63) is 70.8 Å². The van der Waals surface area contributed by atoms with Gasteiger partial charge < -0.3 is 44.4 Å². The highest BCUT2D eigenvalue weighted by Crippen LogP contribution is 2.49. The lowest BCUT2D eigenvalue weighted by atomic mass is 9.94. The number of rotatable bonds is 12. The molecular formula is C40H49N3O11. The minimum absolute atomic E-state index is 0.0205. The smallest absolute Gasteiger partial charge is 0.408 e. The highest BCUT2D eigenvalue weighted by molar-refractivity contribution is 6.07. The zero-order valence-electron chi connectivity index (χ0n) is 32.4. The first-order valence-electron chi connectivity index (χ1n) is 17.4. The number of aryl methyl sites for hydroxylation is 1. The normalized spacial score (nSPS) is 14.4. The largest absolute Gasteiger partial charge is 0.493 e. The van der Waals surface area contributed by atoms with Crippen molar-refractivity contribution in [3.8, 4) is 23.0 Å². The van der Waals surface area contributed by atoms with Crippen molar-refractivity contribution < 1.29 is 52.4 Å². The van der Waals surface area contributed by atoms with Crippen LogP contribution in [0, 0.1) is 6.92 Å². The number of Topliss-reactive ketones (excluding diaryl/α,β-unsaturated/α-hetero) is 1. The molecule has 0 saturated carbocycles. The van der Waals surface area contributed by atoms with Crippen LogP contribution in [0.5, 0.6) is 23.0 Å². The number of fused-ring (bicyclic) bond motifs is 1. The van der Waals surface area contributed by atoms with Crippen molar-refractivity contribution in [2.24, 2.45) is 0 Å². The fraction of sp³-hybridized carbons (Fsp3) is 0.425. The van der Waals surface area contributed by atoms with E-state index in [0.29, 0.717) is 33.8 Å². The first-order chi connectivity index (χ1) is 25.3.